The molecule has 0 saturated heterocycles. The Morgan fingerprint density at radius 1 is 1.33 bits per heavy atom. The number of anilines is 1. The summed E-state index contributed by atoms with van der Waals surface area (Å²) in [5.41, 5.74) is 1.14. The number of halogens is 1. The predicted molar refractivity (Wildman–Crippen MR) is 87.0 cm³/mol. The Kier molecular flexibility index (Phi) is 4.74. The molecule has 0 bridgehead atoms. The number of aromatic nitrogens is 1. The van der Waals surface area contributed by atoms with Crippen molar-refractivity contribution in [3.63, 3.8) is 0 Å². The SMILES string of the molecule is Cc1nc(NC(=O)c2cccc(Br)c2)sc1C(=O)N(C)C. The summed E-state index contributed by atoms with van der Waals surface area (Å²) in [5, 5.41) is 3.14. The highest BCUT2D eigenvalue weighted by Crippen LogP contribution is 2.24. The highest BCUT2D eigenvalue weighted by Gasteiger charge is 2.18. The lowest BCUT2D eigenvalue weighted by Crippen LogP contribution is -2.21. The molecule has 21 heavy (non-hydrogen) atoms. The fourth-order valence-electron chi connectivity index (χ4n) is 1.65. The van der Waals surface area contributed by atoms with Gasteiger partial charge in [-0.15, -0.1) is 0 Å². The normalized spacial score (nSPS) is 10.3. The van der Waals surface area contributed by atoms with Crippen LogP contribution in [-0.2, 0) is 0 Å². The molecule has 0 spiro atoms. The molecule has 1 heterocycles. The van der Waals surface area contributed by atoms with Crippen molar-refractivity contribution in [2.75, 3.05) is 19.4 Å². The minimum absolute atomic E-state index is 0.118. The lowest BCUT2D eigenvalue weighted by Gasteiger charge is -2.07. The Hall–Kier alpha value is -1.73. The van der Waals surface area contributed by atoms with Crippen LogP contribution in [0.25, 0.3) is 0 Å². The Balaban J connectivity index is 2.19. The standard InChI is InChI=1S/C14H14BrN3O2S/c1-8-11(13(20)18(2)3)21-14(16-8)17-12(19)9-5-4-6-10(15)7-9/h4-7H,1-3H3,(H,16,17,19). The molecule has 1 aromatic heterocycles. The number of carbonyl (C=O) groups is 2. The topological polar surface area (TPSA) is 62.3 Å². The van der Waals surface area contributed by atoms with Gasteiger partial charge in [-0.05, 0) is 25.1 Å². The van der Waals surface area contributed by atoms with E-state index in [4.69, 9.17) is 0 Å². The third kappa shape index (κ3) is 3.68. The van der Waals surface area contributed by atoms with Gasteiger partial charge >= 0.3 is 0 Å². The van der Waals surface area contributed by atoms with Crippen molar-refractivity contribution < 1.29 is 9.59 Å². The highest BCUT2D eigenvalue weighted by molar-refractivity contribution is 9.10. The molecule has 0 unspecified atom stereocenters. The molecule has 1 N–H and O–H groups in total. The summed E-state index contributed by atoms with van der Waals surface area (Å²) in [7, 11) is 3.36. The third-order valence-electron chi connectivity index (χ3n) is 2.70. The van der Waals surface area contributed by atoms with Crippen LogP contribution in [0.15, 0.2) is 28.7 Å². The molecule has 7 heteroatoms. The highest BCUT2D eigenvalue weighted by atomic mass is 79.9. The fourth-order valence-corrected chi connectivity index (χ4v) is 3.03. The Morgan fingerprint density at radius 3 is 2.67 bits per heavy atom. The second kappa shape index (κ2) is 6.36. The number of amides is 2. The van der Waals surface area contributed by atoms with Crippen molar-refractivity contribution in [3.05, 3.63) is 44.9 Å². The Bertz CT molecular complexity index is 697. The lowest BCUT2D eigenvalue weighted by molar-refractivity contribution is 0.0831. The smallest absolute Gasteiger partial charge is 0.265 e. The van der Waals surface area contributed by atoms with Gasteiger partial charge in [0.15, 0.2) is 5.13 Å². The second-order valence-electron chi connectivity index (χ2n) is 4.60. The van der Waals surface area contributed by atoms with E-state index in [9.17, 15) is 9.59 Å². The van der Waals surface area contributed by atoms with Crippen LogP contribution < -0.4 is 5.32 Å². The van der Waals surface area contributed by atoms with Gasteiger partial charge in [0.2, 0.25) is 0 Å². The lowest BCUT2D eigenvalue weighted by atomic mass is 10.2. The molecule has 0 aliphatic carbocycles. The number of benzene rings is 1. The van der Waals surface area contributed by atoms with E-state index in [0.29, 0.717) is 21.3 Å². The van der Waals surface area contributed by atoms with Gasteiger partial charge in [0.25, 0.3) is 11.8 Å². The van der Waals surface area contributed by atoms with Crippen molar-refractivity contribution in [3.8, 4) is 0 Å². The average molecular weight is 368 g/mol. The summed E-state index contributed by atoms with van der Waals surface area (Å²) >= 11 is 4.50. The van der Waals surface area contributed by atoms with Crippen LogP contribution in [0, 0.1) is 6.92 Å². The van der Waals surface area contributed by atoms with Crippen LogP contribution in [0.4, 0.5) is 5.13 Å². The second-order valence-corrected chi connectivity index (χ2v) is 6.51. The zero-order valence-corrected chi connectivity index (χ0v) is 14.2. The van der Waals surface area contributed by atoms with Crippen LogP contribution in [-0.4, -0.2) is 35.8 Å². The van der Waals surface area contributed by atoms with Crippen LogP contribution in [0.5, 0.6) is 0 Å². The predicted octanol–water partition coefficient (Wildman–Crippen LogP) is 3.17. The van der Waals surface area contributed by atoms with Crippen molar-refractivity contribution >= 4 is 44.2 Å². The number of rotatable bonds is 3. The van der Waals surface area contributed by atoms with Gasteiger partial charge in [0.05, 0.1) is 5.69 Å². The number of aryl methyl sites for hydroxylation is 1. The summed E-state index contributed by atoms with van der Waals surface area (Å²) in [6.07, 6.45) is 0. The molecular formula is C14H14BrN3O2S. The molecule has 2 aromatic rings. The number of hydrogen-bond acceptors (Lipinski definition) is 4. The maximum atomic E-state index is 12.1. The number of nitrogens with one attached hydrogen (secondary N) is 1. The molecule has 0 aliphatic rings. The molecule has 0 radical (unpaired) electrons. The molecule has 1 aromatic carbocycles. The van der Waals surface area contributed by atoms with Crippen molar-refractivity contribution in [2.45, 2.75) is 6.92 Å². The molecule has 2 rings (SSSR count). The first kappa shape index (κ1) is 15.7. The average Bonchev–Trinajstić information content (AvgIpc) is 2.78. The summed E-state index contributed by atoms with van der Waals surface area (Å²) in [4.78, 5) is 30.3. The largest absolute Gasteiger partial charge is 0.344 e. The van der Waals surface area contributed by atoms with E-state index >= 15 is 0 Å². The zero-order valence-electron chi connectivity index (χ0n) is 11.8. The Labute approximate surface area is 135 Å². The molecule has 0 aliphatic heterocycles. The minimum Gasteiger partial charge on any atom is -0.344 e. The van der Waals surface area contributed by atoms with Crippen molar-refractivity contribution in [2.24, 2.45) is 0 Å². The maximum Gasteiger partial charge on any atom is 0.265 e. The van der Waals surface area contributed by atoms with Crippen molar-refractivity contribution in [1.82, 2.24) is 9.88 Å². The molecule has 110 valence electrons. The molecule has 0 fully saturated rings. The third-order valence-corrected chi connectivity index (χ3v) is 4.26. The molecule has 5 nitrogen and oxygen atoms in total. The minimum atomic E-state index is -0.256. The molecule has 2 amide bonds. The van der Waals surface area contributed by atoms with E-state index < -0.39 is 0 Å². The van der Waals surface area contributed by atoms with E-state index in [2.05, 4.69) is 26.2 Å². The number of thiazole rings is 1. The number of nitrogens with zero attached hydrogens (tertiary/aromatic N) is 2. The van der Waals surface area contributed by atoms with E-state index in [-0.39, 0.29) is 11.8 Å². The van der Waals surface area contributed by atoms with Gasteiger partial charge in [0.1, 0.15) is 4.88 Å². The summed E-state index contributed by atoms with van der Waals surface area (Å²) < 4.78 is 0.828. The van der Waals surface area contributed by atoms with Crippen LogP contribution >= 0.6 is 27.3 Å². The quantitative estimate of drug-likeness (QED) is 0.905. The number of hydrogen-bond donors (Lipinski definition) is 1. The van der Waals surface area contributed by atoms with Gasteiger partial charge in [-0.3, -0.25) is 14.9 Å². The molecule has 0 atom stereocenters. The zero-order chi connectivity index (χ0) is 15.6. The first-order valence-electron chi connectivity index (χ1n) is 6.14. The van der Waals surface area contributed by atoms with Gasteiger partial charge in [-0.1, -0.05) is 33.3 Å². The van der Waals surface area contributed by atoms with Gasteiger partial charge in [-0.25, -0.2) is 4.98 Å². The Morgan fingerprint density at radius 2 is 2.05 bits per heavy atom. The first-order chi connectivity index (χ1) is 9.88. The van der Waals surface area contributed by atoms with Gasteiger partial charge < -0.3 is 4.90 Å². The monoisotopic (exact) mass is 367 g/mol. The van der Waals surface area contributed by atoms with Crippen LogP contribution in [0.2, 0.25) is 0 Å². The van der Waals surface area contributed by atoms with Crippen molar-refractivity contribution in [1.29, 1.82) is 0 Å². The number of carbonyl (C=O) groups excluding carboxylic acids is 2. The van der Waals surface area contributed by atoms with E-state index in [1.165, 1.54) is 16.2 Å². The first-order valence-corrected chi connectivity index (χ1v) is 7.75. The maximum absolute atomic E-state index is 12.1. The van der Waals surface area contributed by atoms with Crippen LogP contribution in [0.3, 0.4) is 0 Å². The van der Waals surface area contributed by atoms with E-state index in [1.807, 2.05) is 6.07 Å². The molecular weight excluding hydrogens is 354 g/mol. The van der Waals surface area contributed by atoms with Gasteiger partial charge in [-0.2, -0.15) is 0 Å². The van der Waals surface area contributed by atoms with E-state index in [0.717, 1.165) is 4.47 Å². The summed E-state index contributed by atoms with van der Waals surface area (Å²) in [6, 6.07) is 7.07. The summed E-state index contributed by atoms with van der Waals surface area (Å²) in [5.74, 6) is -0.373. The van der Waals surface area contributed by atoms with E-state index in [1.54, 1.807) is 39.2 Å². The summed E-state index contributed by atoms with van der Waals surface area (Å²) in [6.45, 7) is 1.75. The fraction of sp³-hybridized carbons (Fsp3) is 0.214. The van der Waals surface area contributed by atoms with Crippen LogP contribution in [0.1, 0.15) is 25.7 Å². The van der Waals surface area contributed by atoms with Gasteiger partial charge in [0, 0.05) is 24.1 Å². The molecule has 0 saturated carbocycles.